The first kappa shape index (κ1) is 11.3. The number of benzene rings is 1. The highest BCUT2D eigenvalue weighted by Gasteiger charge is 2.31. The molecular weight excluding hydrogens is 212 g/mol. The first-order valence-electron chi connectivity index (χ1n) is 5.47. The zero-order valence-corrected chi connectivity index (χ0v) is 9.01. The van der Waals surface area contributed by atoms with Gasteiger partial charge in [0.15, 0.2) is 0 Å². The van der Waals surface area contributed by atoms with Crippen molar-refractivity contribution in [3.05, 3.63) is 29.3 Å². The minimum absolute atomic E-state index is 0.0133. The summed E-state index contributed by atoms with van der Waals surface area (Å²) in [6.45, 7) is 0.659. The van der Waals surface area contributed by atoms with Crippen LogP contribution in [0, 0.1) is 0 Å². The number of rotatable bonds is 3. The molecule has 0 atom stereocenters. The Bertz CT molecular complexity index is 379. The predicted octanol–water partition coefficient (Wildman–Crippen LogP) is 2.45. The smallest absolute Gasteiger partial charge is 0.274 e. The maximum Gasteiger partial charge on any atom is 0.274 e. The Morgan fingerprint density at radius 1 is 1.38 bits per heavy atom. The standard InChI is InChI=1S/C12H15F2NO/c13-12(14,5-6-15)10-3-4-11-9(8-10)2-1-7-16-11/h3-4,8H,1-2,5-7,15H2. The van der Waals surface area contributed by atoms with E-state index in [0.717, 1.165) is 24.2 Å². The average Bonchev–Trinajstić information content (AvgIpc) is 2.28. The molecule has 0 amide bonds. The van der Waals surface area contributed by atoms with Crippen molar-refractivity contribution in [1.29, 1.82) is 0 Å². The van der Waals surface area contributed by atoms with Crippen LogP contribution in [0.2, 0.25) is 0 Å². The van der Waals surface area contributed by atoms with Crippen molar-refractivity contribution in [2.24, 2.45) is 5.73 Å². The monoisotopic (exact) mass is 227 g/mol. The molecule has 0 saturated heterocycles. The number of hydrogen-bond acceptors (Lipinski definition) is 2. The fourth-order valence-corrected chi connectivity index (χ4v) is 1.91. The molecule has 88 valence electrons. The van der Waals surface area contributed by atoms with Crippen molar-refractivity contribution in [3.8, 4) is 5.75 Å². The van der Waals surface area contributed by atoms with Crippen LogP contribution in [0.15, 0.2) is 18.2 Å². The van der Waals surface area contributed by atoms with Gasteiger partial charge in [-0.15, -0.1) is 0 Å². The average molecular weight is 227 g/mol. The minimum atomic E-state index is -2.83. The summed E-state index contributed by atoms with van der Waals surface area (Å²) in [5, 5.41) is 0. The lowest BCUT2D eigenvalue weighted by Gasteiger charge is -2.21. The minimum Gasteiger partial charge on any atom is -0.493 e. The third-order valence-corrected chi connectivity index (χ3v) is 2.79. The van der Waals surface area contributed by atoms with Gasteiger partial charge in [-0.1, -0.05) is 0 Å². The third-order valence-electron chi connectivity index (χ3n) is 2.79. The lowest BCUT2D eigenvalue weighted by Crippen LogP contribution is -2.19. The van der Waals surface area contributed by atoms with Crippen LogP contribution in [0.1, 0.15) is 24.0 Å². The van der Waals surface area contributed by atoms with E-state index < -0.39 is 5.92 Å². The highest BCUT2D eigenvalue weighted by Crippen LogP contribution is 2.35. The Morgan fingerprint density at radius 2 is 2.19 bits per heavy atom. The maximum absolute atomic E-state index is 13.6. The number of fused-ring (bicyclic) bond motifs is 1. The largest absolute Gasteiger partial charge is 0.493 e. The summed E-state index contributed by atoms with van der Waals surface area (Å²) in [4.78, 5) is 0. The topological polar surface area (TPSA) is 35.2 Å². The number of nitrogens with two attached hydrogens (primary N) is 1. The fourth-order valence-electron chi connectivity index (χ4n) is 1.91. The quantitative estimate of drug-likeness (QED) is 0.860. The molecule has 0 aliphatic carbocycles. The summed E-state index contributed by atoms with van der Waals surface area (Å²) in [5.74, 6) is -2.10. The molecular formula is C12H15F2NO. The van der Waals surface area contributed by atoms with Gasteiger partial charge in [0, 0.05) is 12.0 Å². The Labute approximate surface area is 93.4 Å². The van der Waals surface area contributed by atoms with Crippen LogP contribution >= 0.6 is 0 Å². The number of halogens is 2. The van der Waals surface area contributed by atoms with Crippen molar-refractivity contribution in [2.75, 3.05) is 13.2 Å². The van der Waals surface area contributed by atoms with Crippen LogP contribution in [0.4, 0.5) is 8.78 Å². The normalized spacial score (nSPS) is 15.4. The Balaban J connectivity index is 2.29. The van der Waals surface area contributed by atoms with Gasteiger partial charge in [-0.05, 0) is 43.1 Å². The molecule has 0 bridgehead atoms. The summed E-state index contributed by atoms with van der Waals surface area (Å²) < 4.78 is 32.6. The first-order valence-corrected chi connectivity index (χ1v) is 5.47. The molecule has 0 radical (unpaired) electrons. The molecule has 2 rings (SSSR count). The molecule has 16 heavy (non-hydrogen) atoms. The lowest BCUT2D eigenvalue weighted by molar-refractivity contribution is -0.0108. The molecule has 1 aromatic rings. The fraction of sp³-hybridized carbons (Fsp3) is 0.500. The maximum atomic E-state index is 13.6. The van der Waals surface area contributed by atoms with E-state index in [2.05, 4.69) is 0 Å². The molecule has 1 aliphatic rings. The second-order valence-electron chi connectivity index (χ2n) is 4.02. The zero-order valence-electron chi connectivity index (χ0n) is 9.01. The molecule has 0 spiro atoms. The van der Waals surface area contributed by atoms with Gasteiger partial charge in [-0.2, -0.15) is 0 Å². The van der Waals surface area contributed by atoms with Gasteiger partial charge >= 0.3 is 0 Å². The molecule has 1 aliphatic heterocycles. The molecule has 1 aromatic carbocycles. The number of aryl methyl sites for hydroxylation is 1. The van der Waals surface area contributed by atoms with E-state index in [0.29, 0.717) is 6.61 Å². The van der Waals surface area contributed by atoms with Gasteiger partial charge in [0.05, 0.1) is 6.61 Å². The molecule has 2 nitrogen and oxygen atoms in total. The molecule has 0 aromatic heterocycles. The van der Waals surface area contributed by atoms with E-state index in [1.807, 2.05) is 0 Å². The Hall–Kier alpha value is -1.16. The lowest BCUT2D eigenvalue weighted by atomic mass is 9.98. The van der Waals surface area contributed by atoms with Gasteiger partial charge < -0.3 is 10.5 Å². The van der Waals surface area contributed by atoms with Crippen molar-refractivity contribution in [3.63, 3.8) is 0 Å². The van der Waals surface area contributed by atoms with Gasteiger partial charge in [0.1, 0.15) is 5.75 Å². The van der Waals surface area contributed by atoms with Crippen LogP contribution < -0.4 is 10.5 Å². The Morgan fingerprint density at radius 3 is 2.94 bits per heavy atom. The number of ether oxygens (including phenoxy) is 1. The van der Waals surface area contributed by atoms with E-state index in [-0.39, 0.29) is 18.5 Å². The van der Waals surface area contributed by atoms with Crippen LogP contribution in [-0.2, 0) is 12.3 Å². The second kappa shape index (κ2) is 4.37. The van der Waals surface area contributed by atoms with Crippen LogP contribution in [-0.4, -0.2) is 13.2 Å². The van der Waals surface area contributed by atoms with E-state index in [1.54, 1.807) is 12.1 Å². The molecule has 0 saturated carbocycles. The zero-order chi connectivity index (χ0) is 11.6. The van der Waals surface area contributed by atoms with E-state index >= 15 is 0 Å². The van der Waals surface area contributed by atoms with Crippen LogP contribution in [0.25, 0.3) is 0 Å². The van der Waals surface area contributed by atoms with Crippen LogP contribution in [0.3, 0.4) is 0 Å². The van der Waals surface area contributed by atoms with Crippen molar-refractivity contribution in [1.82, 2.24) is 0 Å². The SMILES string of the molecule is NCCC(F)(F)c1ccc2c(c1)CCCO2. The first-order chi connectivity index (χ1) is 7.63. The highest BCUT2D eigenvalue weighted by molar-refractivity contribution is 5.40. The van der Waals surface area contributed by atoms with Gasteiger partial charge in [0.2, 0.25) is 0 Å². The van der Waals surface area contributed by atoms with Gasteiger partial charge in [-0.25, -0.2) is 8.78 Å². The summed E-state index contributed by atoms with van der Waals surface area (Å²) in [5.41, 5.74) is 6.10. The van der Waals surface area contributed by atoms with Gasteiger partial charge in [-0.3, -0.25) is 0 Å². The molecule has 0 unspecified atom stereocenters. The van der Waals surface area contributed by atoms with E-state index in [1.165, 1.54) is 6.07 Å². The summed E-state index contributed by atoms with van der Waals surface area (Å²) in [6, 6.07) is 4.61. The Kier molecular flexibility index (Phi) is 3.10. The predicted molar refractivity (Wildman–Crippen MR) is 57.8 cm³/mol. The van der Waals surface area contributed by atoms with Gasteiger partial charge in [0.25, 0.3) is 5.92 Å². The van der Waals surface area contributed by atoms with E-state index in [4.69, 9.17) is 10.5 Å². The van der Waals surface area contributed by atoms with Crippen LogP contribution in [0.5, 0.6) is 5.75 Å². The van der Waals surface area contributed by atoms with Crippen molar-refractivity contribution >= 4 is 0 Å². The summed E-state index contributed by atoms with van der Waals surface area (Å²) in [7, 11) is 0. The summed E-state index contributed by atoms with van der Waals surface area (Å²) >= 11 is 0. The third kappa shape index (κ3) is 2.16. The molecule has 0 fully saturated rings. The molecule has 4 heteroatoms. The summed E-state index contributed by atoms with van der Waals surface area (Å²) in [6.07, 6.45) is 1.38. The molecule has 2 N–H and O–H groups in total. The van der Waals surface area contributed by atoms with E-state index in [9.17, 15) is 8.78 Å². The number of alkyl halides is 2. The van der Waals surface area contributed by atoms with Crippen molar-refractivity contribution in [2.45, 2.75) is 25.2 Å². The second-order valence-corrected chi connectivity index (χ2v) is 4.02. The highest BCUT2D eigenvalue weighted by atomic mass is 19.3. The molecule has 1 heterocycles. The number of hydrogen-bond donors (Lipinski definition) is 1. The van der Waals surface area contributed by atoms with Crippen molar-refractivity contribution < 1.29 is 13.5 Å².